The van der Waals surface area contributed by atoms with E-state index < -0.39 is 0 Å². The van der Waals surface area contributed by atoms with Crippen molar-refractivity contribution < 1.29 is 4.74 Å². The Hall–Kier alpha value is -1.49. The Balaban J connectivity index is 1.54. The average Bonchev–Trinajstić information content (AvgIpc) is 3.15. The molecular weight excluding hydrogens is 262 g/mol. The van der Waals surface area contributed by atoms with Gasteiger partial charge in [-0.3, -0.25) is 16.3 Å². The van der Waals surface area contributed by atoms with Crippen LogP contribution in [0.2, 0.25) is 0 Å². The Bertz CT molecular complexity index is 645. The molecule has 4 rings (SSSR count). The Kier molecular flexibility index (Phi) is 3.37. The summed E-state index contributed by atoms with van der Waals surface area (Å²) < 4.78 is 5.96. The van der Waals surface area contributed by atoms with E-state index >= 15 is 0 Å². The summed E-state index contributed by atoms with van der Waals surface area (Å²) in [5, 5.41) is 1.18. The number of nitrogens with one attached hydrogen (secondary N) is 1. The lowest BCUT2D eigenvalue weighted by Gasteiger charge is -2.27. The molecule has 0 radical (unpaired) electrons. The highest BCUT2D eigenvalue weighted by molar-refractivity contribution is 5.78. The number of hydrazine groups is 1. The summed E-state index contributed by atoms with van der Waals surface area (Å²) in [6, 6.07) is 12.7. The van der Waals surface area contributed by atoms with Crippen LogP contribution in [0.25, 0.3) is 10.9 Å². The number of benzene rings is 1. The molecule has 4 unspecified atom stereocenters. The van der Waals surface area contributed by atoms with Crippen molar-refractivity contribution in [1.82, 2.24) is 10.4 Å². The van der Waals surface area contributed by atoms with Crippen molar-refractivity contribution in [3.05, 3.63) is 42.1 Å². The minimum atomic E-state index is 0.244. The molecule has 2 fully saturated rings. The molecule has 0 amide bonds. The first kappa shape index (κ1) is 13.2. The van der Waals surface area contributed by atoms with E-state index in [0.29, 0.717) is 18.1 Å². The van der Waals surface area contributed by atoms with Gasteiger partial charge in [0.05, 0.1) is 17.7 Å². The largest absolute Gasteiger partial charge is 0.375 e. The molecule has 4 nitrogen and oxygen atoms in total. The molecule has 4 atom stereocenters. The molecule has 2 aliphatic rings. The molecule has 2 aliphatic heterocycles. The first-order valence-electron chi connectivity index (χ1n) is 7.80. The van der Waals surface area contributed by atoms with Gasteiger partial charge in [0.25, 0.3) is 0 Å². The van der Waals surface area contributed by atoms with E-state index in [0.717, 1.165) is 24.1 Å². The fourth-order valence-corrected chi connectivity index (χ4v) is 3.88. The first-order valence-corrected chi connectivity index (χ1v) is 7.80. The summed E-state index contributed by atoms with van der Waals surface area (Å²) in [6.45, 7) is 0. The SMILES string of the molecule is NNC(Cc1ccc2ccccc2n1)C1CC2CCC1O2. The topological polar surface area (TPSA) is 60.2 Å². The highest BCUT2D eigenvalue weighted by atomic mass is 16.5. The van der Waals surface area contributed by atoms with Crippen molar-refractivity contribution in [2.45, 2.75) is 43.9 Å². The van der Waals surface area contributed by atoms with Gasteiger partial charge in [-0.1, -0.05) is 24.3 Å². The van der Waals surface area contributed by atoms with Crippen LogP contribution in [0.1, 0.15) is 25.0 Å². The van der Waals surface area contributed by atoms with Crippen molar-refractivity contribution in [2.24, 2.45) is 11.8 Å². The van der Waals surface area contributed by atoms with Crippen molar-refractivity contribution in [3.8, 4) is 0 Å². The van der Waals surface area contributed by atoms with Crippen LogP contribution < -0.4 is 11.3 Å². The molecule has 2 bridgehead atoms. The van der Waals surface area contributed by atoms with Crippen LogP contribution in [0.15, 0.2) is 36.4 Å². The fraction of sp³-hybridized carbons (Fsp3) is 0.471. The third-order valence-corrected chi connectivity index (χ3v) is 4.97. The van der Waals surface area contributed by atoms with Crippen LogP contribution >= 0.6 is 0 Å². The lowest BCUT2D eigenvalue weighted by atomic mass is 9.82. The van der Waals surface area contributed by atoms with E-state index in [9.17, 15) is 0 Å². The van der Waals surface area contributed by atoms with Crippen LogP contribution in [-0.2, 0) is 11.2 Å². The van der Waals surface area contributed by atoms with Gasteiger partial charge in [0.1, 0.15) is 0 Å². The molecule has 110 valence electrons. The van der Waals surface area contributed by atoms with Crippen molar-refractivity contribution >= 4 is 10.9 Å². The second kappa shape index (κ2) is 5.37. The predicted molar refractivity (Wildman–Crippen MR) is 82.6 cm³/mol. The summed E-state index contributed by atoms with van der Waals surface area (Å²) in [7, 11) is 0. The van der Waals surface area contributed by atoms with E-state index in [4.69, 9.17) is 15.6 Å². The number of fused-ring (bicyclic) bond motifs is 3. The normalized spacial score (nSPS) is 29.1. The van der Waals surface area contributed by atoms with Gasteiger partial charge >= 0.3 is 0 Å². The Labute approximate surface area is 124 Å². The highest BCUT2D eigenvalue weighted by Crippen LogP contribution is 2.40. The lowest BCUT2D eigenvalue weighted by Crippen LogP contribution is -2.45. The van der Waals surface area contributed by atoms with Crippen LogP contribution in [0, 0.1) is 5.92 Å². The number of aromatic nitrogens is 1. The summed E-state index contributed by atoms with van der Waals surface area (Å²) in [6.07, 6.45) is 5.23. The van der Waals surface area contributed by atoms with Gasteiger partial charge in [0.2, 0.25) is 0 Å². The summed E-state index contributed by atoms with van der Waals surface area (Å²) in [4.78, 5) is 4.76. The van der Waals surface area contributed by atoms with E-state index in [1.165, 1.54) is 18.2 Å². The smallest absolute Gasteiger partial charge is 0.0705 e. The zero-order valence-electron chi connectivity index (χ0n) is 12.0. The van der Waals surface area contributed by atoms with E-state index in [1.807, 2.05) is 12.1 Å². The maximum Gasteiger partial charge on any atom is 0.0705 e. The maximum atomic E-state index is 5.96. The first-order chi connectivity index (χ1) is 10.3. The van der Waals surface area contributed by atoms with Gasteiger partial charge in [-0.25, -0.2) is 0 Å². The zero-order chi connectivity index (χ0) is 14.2. The van der Waals surface area contributed by atoms with E-state index in [-0.39, 0.29) is 6.04 Å². The van der Waals surface area contributed by atoms with Crippen molar-refractivity contribution in [2.75, 3.05) is 0 Å². The molecule has 3 N–H and O–H groups in total. The molecule has 1 aromatic carbocycles. The number of nitrogens with two attached hydrogens (primary N) is 1. The third-order valence-electron chi connectivity index (χ3n) is 4.97. The molecule has 4 heteroatoms. The average molecular weight is 283 g/mol. The number of hydrogen-bond donors (Lipinski definition) is 2. The number of pyridine rings is 1. The lowest BCUT2D eigenvalue weighted by molar-refractivity contribution is 0.0856. The third kappa shape index (κ3) is 2.44. The molecule has 3 heterocycles. The molecule has 0 aliphatic carbocycles. The van der Waals surface area contributed by atoms with Crippen LogP contribution in [0.4, 0.5) is 0 Å². The van der Waals surface area contributed by atoms with Crippen molar-refractivity contribution in [3.63, 3.8) is 0 Å². The van der Waals surface area contributed by atoms with Crippen LogP contribution in [-0.4, -0.2) is 23.2 Å². The molecular formula is C17H21N3O. The summed E-state index contributed by atoms with van der Waals surface area (Å²) >= 11 is 0. The molecule has 1 aromatic heterocycles. The van der Waals surface area contributed by atoms with Gasteiger partial charge in [0, 0.05) is 29.5 Å². The Morgan fingerprint density at radius 1 is 1.24 bits per heavy atom. The number of hydrogen-bond acceptors (Lipinski definition) is 4. The molecule has 0 spiro atoms. The molecule has 21 heavy (non-hydrogen) atoms. The van der Waals surface area contributed by atoms with E-state index in [1.54, 1.807) is 0 Å². The summed E-state index contributed by atoms with van der Waals surface area (Å²) in [5.74, 6) is 6.33. The van der Waals surface area contributed by atoms with Gasteiger partial charge < -0.3 is 4.74 Å². The number of para-hydroxylation sites is 1. The Morgan fingerprint density at radius 3 is 2.90 bits per heavy atom. The number of rotatable bonds is 4. The second-order valence-electron chi connectivity index (χ2n) is 6.25. The Morgan fingerprint density at radius 2 is 2.14 bits per heavy atom. The fourth-order valence-electron chi connectivity index (χ4n) is 3.88. The van der Waals surface area contributed by atoms with Gasteiger partial charge in [-0.2, -0.15) is 0 Å². The highest BCUT2D eigenvalue weighted by Gasteiger charge is 2.44. The van der Waals surface area contributed by atoms with Gasteiger partial charge in [-0.05, 0) is 31.4 Å². The zero-order valence-corrected chi connectivity index (χ0v) is 12.0. The molecule has 2 aromatic rings. The van der Waals surface area contributed by atoms with Crippen molar-refractivity contribution in [1.29, 1.82) is 0 Å². The monoisotopic (exact) mass is 283 g/mol. The quantitative estimate of drug-likeness (QED) is 0.667. The number of ether oxygens (including phenoxy) is 1. The maximum absolute atomic E-state index is 5.96. The standard InChI is InChI=1S/C17H21N3O/c18-20-16(14-10-13-7-8-17(14)21-13)9-12-6-5-11-3-1-2-4-15(11)19-12/h1-6,13-14,16-17,20H,7-10,18H2. The van der Waals surface area contributed by atoms with Gasteiger partial charge in [-0.15, -0.1) is 0 Å². The molecule has 0 saturated carbocycles. The van der Waals surface area contributed by atoms with E-state index in [2.05, 4.69) is 29.7 Å². The second-order valence-corrected chi connectivity index (χ2v) is 6.25. The van der Waals surface area contributed by atoms with Gasteiger partial charge in [0.15, 0.2) is 0 Å². The minimum Gasteiger partial charge on any atom is -0.375 e. The number of nitrogens with zero attached hydrogens (tertiary/aromatic N) is 1. The van der Waals surface area contributed by atoms with Crippen LogP contribution in [0.3, 0.4) is 0 Å². The molecule has 2 saturated heterocycles. The minimum absolute atomic E-state index is 0.244. The predicted octanol–water partition coefficient (Wildman–Crippen LogP) is 2.18. The van der Waals surface area contributed by atoms with Crippen LogP contribution in [0.5, 0.6) is 0 Å². The summed E-state index contributed by atoms with van der Waals surface area (Å²) in [5.41, 5.74) is 5.15.